The Hall–Kier alpha value is -0.940. The molecule has 1 aliphatic rings. The second-order valence-electron chi connectivity index (χ2n) is 3.37. The molecule has 1 aliphatic heterocycles. The molecule has 2 N–H and O–H groups in total. The highest BCUT2D eigenvalue weighted by Gasteiger charge is 2.15. The van der Waals surface area contributed by atoms with Crippen LogP contribution in [0.5, 0.6) is 0 Å². The van der Waals surface area contributed by atoms with Gasteiger partial charge in [-0.1, -0.05) is 0 Å². The molecule has 0 amide bonds. The number of likely N-dealkylation sites (N-methyl/N-ethyl adjacent to an activating group) is 1. The van der Waals surface area contributed by atoms with Gasteiger partial charge in [0, 0.05) is 33.2 Å². The van der Waals surface area contributed by atoms with Crippen LogP contribution in [0.3, 0.4) is 0 Å². The average Bonchev–Trinajstić information content (AvgIpc) is 2.21. The molecule has 0 bridgehead atoms. The number of aliphatic imine (C=N–C) groups is 2. The predicted molar refractivity (Wildman–Crippen MR) is 60.0 cm³/mol. The van der Waals surface area contributed by atoms with E-state index >= 15 is 0 Å². The fourth-order valence-corrected chi connectivity index (χ4v) is 1.45. The number of piperazine rings is 1. The van der Waals surface area contributed by atoms with Gasteiger partial charge in [0.05, 0.1) is 12.9 Å². The van der Waals surface area contributed by atoms with Crippen LogP contribution in [0.15, 0.2) is 9.98 Å². The van der Waals surface area contributed by atoms with Crippen molar-refractivity contribution in [3.8, 4) is 0 Å². The molecule has 0 aliphatic carbocycles. The average molecular weight is 197 g/mol. The Balaban J connectivity index is 2.50. The van der Waals surface area contributed by atoms with Crippen molar-refractivity contribution in [2.24, 2.45) is 15.7 Å². The van der Waals surface area contributed by atoms with Gasteiger partial charge in [-0.3, -0.25) is 9.98 Å². The van der Waals surface area contributed by atoms with E-state index in [1.807, 2.05) is 0 Å². The molecule has 1 saturated heterocycles. The first-order valence-corrected chi connectivity index (χ1v) is 4.88. The molecule has 0 aromatic rings. The lowest BCUT2D eigenvalue weighted by Crippen LogP contribution is -2.47. The molecule has 1 fully saturated rings. The van der Waals surface area contributed by atoms with Crippen LogP contribution in [0.4, 0.5) is 0 Å². The second kappa shape index (κ2) is 5.72. The highest BCUT2D eigenvalue weighted by Crippen LogP contribution is 1.99. The first kappa shape index (κ1) is 11.1. The SMILES string of the molecule is CN=C(/C=N\CN)N1CCN(C)CC1. The molecule has 0 unspecified atom stereocenters. The van der Waals surface area contributed by atoms with E-state index < -0.39 is 0 Å². The normalized spacial score (nSPS) is 20.8. The maximum absolute atomic E-state index is 5.30. The summed E-state index contributed by atoms with van der Waals surface area (Å²) < 4.78 is 0. The Morgan fingerprint density at radius 2 is 2.00 bits per heavy atom. The van der Waals surface area contributed by atoms with Crippen molar-refractivity contribution in [2.75, 3.05) is 46.9 Å². The third-order valence-corrected chi connectivity index (χ3v) is 2.37. The smallest absolute Gasteiger partial charge is 0.141 e. The summed E-state index contributed by atoms with van der Waals surface area (Å²) in [5, 5.41) is 0. The summed E-state index contributed by atoms with van der Waals surface area (Å²) in [6.07, 6.45) is 1.76. The van der Waals surface area contributed by atoms with Crippen LogP contribution in [-0.4, -0.2) is 68.8 Å². The van der Waals surface area contributed by atoms with E-state index in [1.54, 1.807) is 13.3 Å². The molecule has 5 heteroatoms. The number of hydrogen-bond acceptors (Lipinski definition) is 4. The minimum Gasteiger partial charge on any atom is -0.353 e. The van der Waals surface area contributed by atoms with Crippen LogP contribution in [0.25, 0.3) is 0 Å². The van der Waals surface area contributed by atoms with E-state index in [9.17, 15) is 0 Å². The summed E-state index contributed by atoms with van der Waals surface area (Å²) in [6.45, 7) is 4.51. The number of nitrogens with two attached hydrogens (primary N) is 1. The third kappa shape index (κ3) is 3.08. The second-order valence-corrected chi connectivity index (χ2v) is 3.37. The molecule has 1 heterocycles. The van der Waals surface area contributed by atoms with Crippen molar-refractivity contribution < 1.29 is 0 Å². The Kier molecular flexibility index (Phi) is 4.55. The molecule has 1 rings (SSSR count). The van der Waals surface area contributed by atoms with Crippen LogP contribution in [0.2, 0.25) is 0 Å². The van der Waals surface area contributed by atoms with E-state index in [4.69, 9.17) is 5.73 Å². The van der Waals surface area contributed by atoms with E-state index in [-0.39, 0.29) is 0 Å². The zero-order valence-electron chi connectivity index (χ0n) is 8.98. The summed E-state index contributed by atoms with van der Waals surface area (Å²) in [4.78, 5) is 12.7. The van der Waals surface area contributed by atoms with Gasteiger partial charge < -0.3 is 15.5 Å². The summed E-state index contributed by atoms with van der Waals surface area (Å²) in [5.41, 5.74) is 5.30. The van der Waals surface area contributed by atoms with Crippen LogP contribution < -0.4 is 5.73 Å². The summed E-state index contributed by atoms with van der Waals surface area (Å²) in [7, 11) is 3.92. The van der Waals surface area contributed by atoms with E-state index in [1.165, 1.54) is 0 Å². The van der Waals surface area contributed by atoms with Crippen LogP contribution in [0, 0.1) is 0 Å². The van der Waals surface area contributed by atoms with Crippen molar-refractivity contribution in [1.82, 2.24) is 9.80 Å². The Bertz CT molecular complexity index is 215. The van der Waals surface area contributed by atoms with Gasteiger partial charge in [-0.25, -0.2) is 0 Å². The first-order valence-electron chi connectivity index (χ1n) is 4.88. The van der Waals surface area contributed by atoms with Gasteiger partial charge in [0.15, 0.2) is 0 Å². The summed E-state index contributed by atoms with van der Waals surface area (Å²) >= 11 is 0. The first-order chi connectivity index (χ1) is 6.77. The van der Waals surface area contributed by atoms with Crippen molar-refractivity contribution in [1.29, 1.82) is 0 Å². The van der Waals surface area contributed by atoms with Gasteiger partial charge in [-0.15, -0.1) is 0 Å². The highest BCUT2D eigenvalue weighted by molar-refractivity contribution is 6.29. The van der Waals surface area contributed by atoms with Gasteiger partial charge in [0.25, 0.3) is 0 Å². The van der Waals surface area contributed by atoms with Crippen molar-refractivity contribution >= 4 is 12.1 Å². The molecular formula is C9H19N5. The molecule has 0 aromatic heterocycles. The van der Waals surface area contributed by atoms with Crippen molar-refractivity contribution in [2.45, 2.75) is 0 Å². The molecule has 5 nitrogen and oxygen atoms in total. The molecule has 0 aromatic carbocycles. The fraction of sp³-hybridized carbons (Fsp3) is 0.778. The lowest BCUT2D eigenvalue weighted by molar-refractivity contribution is 0.217. The molecule has 0 radical (unpaired) electrons. The van der Waals surface area contributed by atoms with Crippen molar-refractivity contribution in [3.63, 3.8) is 0 Å². The topological polar surface area (TPSA) is 57.2 Å². The van der Waals surface area contributed by atoms with Gasteiger partial charge in [-0.05, 0) is 7.05 Å². The summed E-state index contributed by atoms with van der Waals surface area (Å²) in [5.74, 6) is 0.934. The molecular weight excluding hydrogens is 178 g/mol. The molecule has 0 atom stereocenters. The quantitative estimate of drug-likeness (QED) is 0.468. The predicted octanol–water partition coefficient (Wildman–Crippen LogP) is -0.751. The monoisotopic (exact) mass is 197 g/mol. The standard InChI is InChI=1S/C9H19N5/c1-11-9(7-12-8-10)14-5-3-13(2)4-6-14/h7H,3-6,8,10H2,1-2H3/b11-9?,12-7-. The molecule has 80 valence electrons. The Labute approximate surface area is 85.3 Å². The van der Waals surface area contributed by atoms with Gasteiger partial charge in [0.2, 0.25) is 0 Å². The van der Waals surface area contributed by atoms with E-state index in [2.05, 4.69) is 26.8 Å². The number of nitrogens with zero attached hydrogens (tertiary/aromatic N) is 4. The molecule has 0 saturated carbocycles. The minimum atomic E-state index is 0.326. The highest BCUT2D eigenvalue weighted by atomic mass is 15.3. The number of rotatable bonds is 2. The number of hydrogen-bond donors (Lipinski definition) is 1. The zero-order chi connectivity index (χ0) is 10.4. The van der Waals surface area contributed by atoms with Crippen molar-refractivity contribution in [3.05, 3.63) is 0 Å². The lowest BCUT2D eigenvalue weighted by Gasteiger charge is -2.33. The zero-order valence-corrected chi connectivity index (χ0v) is 8.98. The fourth-order valence-electron chi connectivity index (χ4n) is 1.45. The maximum atomic E-state index is 5.30. The maximum Gasteiger partial charge on any atom is 0.141 e. The third-order valence-electron chi connectivity index (χ3n) is 2.37. The largest absolute Gasteiger partial charge is 0.353 e. The van der Waals surface area contributed by atoms with Gasteiger partial charge >= 0.3 is 0 Å². The molecule has 14 heavy (non-hydrogen) atoms. The van der Waals surface area contributed by atoms with Crippen LogP contribution in [-0.2, 0) is 0 Å². The molecule has 0 spiro atoms. The lowest BCUT2D eigenvalue weighted by atomic mass is 10.3. The Morgan fingerprint density at radius 3 is 2.50 bits per heavy atom. The van der Waals surface area contributed by atoms with Gasteiger partial charge in [-0.2, -0.15) is 0 Å². The number of amidine groups is 1. The van der Waals surface area contributed by atoms with Crippen LogP contribution in [0.1, 0.15) is 0 Å². The summed E-state index contributed by atoms with van der Waals surface area (Å²) in [6, 6.07) is 0. The van der Waals surface area contributed by atoms with E-state index in [0.29, 0.717) is 6.67 Å². The van der Waals surface area contributed by atoms with E-state index in [0.717, 1.165) is 32.0 Å². The minimum absolute atomic E-state index is 0.326. The Morgan fingerprint density at radius 1 is 1.36 bits per heavy atom. The van der Waals surface area contributed by atoms with Gasteiger partial charge in [0.1, 0.15) is 5.84 Å². The van der Waals surface area contributed by atoms with Crippen LogP contribution >= 0.6 is 0 Å².